The summed E-state index contributed by atoms with van der Waals surface area (Å²) in [5, 5.41) is 0. The highest BCUT2D eigenvalue weighted by molar-refractivity contribution is 5.86. The normalized spacial score (nSPS) is 21.9. The number of hydrogen-bond donors (Lipinski definition) is 1. The van der Waals surface area contributed by atoms with Crippen LogP contribution < -0.4 is 5.73 Å². The van der Waals surface area contributed by atoms with Crippen LogP contribution in [-0.4, -0.2) is 49.9 Å². The first-order chi connectivity index (χ1) is 10.3. The summed E-state index contributed by atoms with van der Waals surface area (Å²) in [5.41, 5.74) is 5.97. The van der Waals surface area contributed by atoms with Gasteiger partial charge in [-0.2, -0.15) is 0 Å². The number of ether oxygens (including phenoxy) is 4. The number of carbonyl (C=O) groups is 3. The van der Waals surface area contributed by atoms with Gasteiger partial charge in [-0.1, -0.05) is 0 Å². The molecule has 0 saturated heterocycles. The van der Waals surface area contributed by atoms with E-state index in [1.165, 1.54) is 27.0 Å². The Morgan fingerprint density at radius 2 is 2.05 bits per heavy atom. The first-order valence-corrected chi connectivity index (χ1v) is 6.86. The molecule has 0 aromatic rings. The third-order valence-corrected chi connectivity index (χ3v) is 3.04. The van der Waals surface area contributed by atoms with Gasteiger partial charge in [0.15, 0.2) is 6.10 Å². The molecule has 1 heterocycles. The van der Waals surface area contributed by atoms with Crippen LogP contribution in [-0.2, 0) is 33.3 Å². The minimum absolute atomic E-state index is 0.0267. The van der Waals surface area contributed by atoms with Gasteiger partial charge in [0.1, 0.15) is 6.10 Å². The molecule has 3 unspecified atom stereocenters. The first kappa shape index (κ1) is 18.0. The summed E-state index contributed by atoms with van der Waals surface area (Å²) in [7, 11) is 1.24. The zero-order valence-corrected chi connectivity index (χ0v) is 12.9. The van der Waals surface area contributed by atoms with E-state index in [1.54, 1.807) is 0 Å². The molecule has 1 rings (SSSR count). The number of nitrogens with two attached hydrogens (primary N) is 1. The van der Waals surface area contributed by atoms with Crippen LogP contribution in [0.15, 0.2) is 11.8 Å². The van der Waals surface area contributed by atoms with Crippen LogP contribution in [0, 0.1) is 0 Å². The Kier molecular flexibility index (Phi) is 6.84. The highest BCUT2D eigenvalue weighted by Gasteiger charge is 2.36. The lowest BCUT2D eigenvalue weighted by molar-refractivity contribution is -0.159. The molecule has 1 aliphatic rings. The second-order valence-corrected chi connectivity index (χ2v) is 4.82. The maximum atomic E-state index is 11.5. The maximum absolute atomic E-state index is 11.5. The van der Waals surface area contributed by atoms with Gasteiger partial charge in [0, 0.05) is 26.3 Å². The van der Waals surface area contributed by atoms with Crippen LogP contribution in [0.25, 0.3) is 0 Å². The highest BCUT2D eigenvalue weighted by Crippen LogP contribution is 2.23. The van der Waals surface area contributed by atoms with Crippen molar-refractivity contribution in [1.29, 1.82) is 0 Å². The van der Waals surface area contributed by atoms with Crippen LogP contribution in [0.4, 0.5) is 0 Å². The van der Waals surface area contributed by atoms with E-state index in [9.17, 15) is 14.4 Å². The van der Waals surface area contributed by atoms with Gasteiger partial charge in [0.05, 0.1) is 13.7 Å². The number of esters is 3. The van der Waals surface area contributed by atoms with Crippen molar-refractivity contribution in [2.75, 3.05) is 13.7 Å². The average Bonchev–Trinajstić information content (AvgIpc) is 2.45. The van der Waals surface area contributed by atoms with Gasteiger partial charge in [0.2, 0.25) is 5.76 Å². The molecule has 3 atom stereocenters. The highest BCUT2D eigenvalue weighted by atomic mass is 16.6. The van der Waals surface area contributed by atoms with Crippen LogP contribution in [0.5, 0.6) is 0 Å². The Labute approximate surface area is 128 Å². The van der Waals surface area contributed by atoms with Crippen molar-refractivity contribution in [2.24, 2.45) is 5.73 Å². The standard InChI is InChI=1S/C14H21NO7/c1-8(16)20-7-6-11(21-9(2)17)13-10(15)4-5-12(22-13)14(18)19-3/h5,10-11,13H,4,6-7,15H2,1-3H3. The van der Waals surface area contributed by atoms with Crippen LogP contribution in [0.2, 0.25) is 0 Å². The van der Waals surface area contributed by atoms with Gasteiger partial charge in [-0.25, -0.2) is 4.79 Å². The summed E-state index contributed by atoms with van der Waals surface area (Å²) in [5.74, 6) is -1.55. The second kappa shape index (κ2) is 8.38. The van der Waals surface area contributed by atoms with E-state index in [2.05, 4.69) is 4.74 Å². The molecule has 124 valence electrons. The predicted octanol–water partition coefficient (Wildman–Crippen LogP) is 0.0444. The number of hydrogen-bond acceptors (Lipinski definition) is 8. The smallest absolute Gasteiger partial charge is 0.372 e. The first-order valence-electron chi connectivity index (χ1n) is 6.86. The Balaban J connectivity index is 2.78. The zero-order chi connectivity index (χ0) is 16.7. The van der Waals surface area contributed by atoms with Crippen molar-refractivity contribution >= 4 is 17.9 Å². The minimum atomic E-state index is -0.736. The molecule has 0 amide bonds. The molecule has 0 bridgehead atoms. The van der Waals surface area contributed by atoms with E-state index in [1.807, 2.05) is 0 Å². The summed E-state index contributed by atoms with van der Waals surface area (Å²) in [6, 6.07) is -0.463. The van der Waals surface area contributed by atoms with Crippen molar-refractivity contribution in [1.82, 2.24) is 0 Å². The summed E-state index contributed by atoms with van der Waals surface area (Å²) >= 11 is 0. The van der Waals surface area contributed by atoms with Gasteiger partial charge in [0.25, 0.3) is 0 Å². The molecule has 0 radical (unpaired) electrons. The molecule has 2 N–H and O–H groups in total. The van der Waals surface area contributed by atoms with Gasteiger partial charge in [-0.05, 0) is 12.5 Å². The van der Waals surface area contributed by atoms with E-state index in [-0.39, 0.29) is 18.8 Å². The average molecular weight is 315 g/mol. The predicted molar refractivity (Wildman–Crippen MR) is 74.4 cm³/mol. The van der Waals surface area contributed by atoms with Gasteiger partial charge < -0.3 is 24.7 Å². The van der Waals surface area contributed by atoms with Crippen LogP contribution in [0.1, 0.15) is 26.7 Å². The van der Waals surface area contributed by atoms with E-state index >= 15 is 0 Å². The monoisotopic (exact) mass is 315 g/mol. The Hall–Kier alpha value is -2.09. The summed E-state index contributed by atoms with van der Waals surface area (Å²) in [6.45, 7) is 2.59. The Morgan fingerprint density at radius 3 is 2.59 bits per heavy atom. The lowest BCUT2D eigenvalue weighted by atomic mass is 9.98. The fraction of sp³-hybridized carbons (Fsp3) is 0.643. The zero-order valence-electron chi connectivity index (χ0n) is 12.9. The molecule has 0 aromatic carbocycles. The van der Waals surface area contributed by atoms with Crippen molar-refractivity contribution in [3.63, 3.8) is 0 Å². The van der Waals surface area contributed by atoms with Crippen molar-refractivity contribution < 1.29 is 33.3 Å². The summed E-state index contributed by atoms with van der Waals surface area (Å²) in [4.78, 5) is 33.6. The topological polar surface area (TPSA) is 114 Å². The molecule has 1 aliphatic heterocycles. The Morgan fingerprint density at radius 1 is 1.36 bits per heavy atom. The molecule has 0 fully saturated rings. The summed E-state index contributed by atoms with van der Waals surface area (Å²) in [6.07, 6.45) is 0.662. The van der Waals surface area contributed by atoms with E-state index < -0.39 is 36.2 Å². The number of methoxy groups -OCH3 is 1. The van der Waals surface area contributed by atoms with Gasteiger partial charge in [-0.3, -0.25) is 9.59 Å². The molecule has 22 heavy (non-hydrogen) atoms. The van der Waals surface area contributed by atoms with E-state index in [0.717, 1.165) is 0 Å². The van der Waals surface area contributed by atoms with Crippen LogP contribution >= 0.6 is 0 Å². The largest absolute Gasteiger partial charge is 0.478 e. The second-order valence-electron chi connectivity index (χ2n) is 4.82. The van der Waals surface area contributed by atoms with E-state index in [0.29, 0.717) is 6.42 Å². The lowest BCUT2D eigenvalue weighted by Crippen LogP contribution is -2.49. The number of rotatable bonds is 6. The molecule has 8 heteroatoms. The van der Waals surface area contributed by atoms with Crippen molar-refractivity contribution in [3.05, 3.63) is 11.8 Å². The third-order valence-electron chi connectivity index (χ3n) is 3.04. The fourth-order valence-electron chi connectivity index (χ4n) is 2.07. The molecule has 0 saturated carbocycles. The SMILES string of the molecule is COC(=O)C1=CCC(N)C(C(CCOC(C)=O)OC(C)=O)O1. The molecular formula is C14H21NO7. The lowest BCUT2D eigenvalue weighted by Gasteiger charge is -2.34. The van der Waals surface area contributed by atoms with E-state index in [4.69, 9.17) is 19.9 Å². The van der Waals surface area contributed by atoms with Crippen molar-refractivity contribution in [3.8, 4) is 0 Å². The Bertz CT molecular complexity index is 460. The molecule has 0 aliphatic carbocycles. The van der Waals surface area contributed by atoms with Crippen LogP contribution in [0.3, 0.4) is 0 Å². The van der Waals surface area contributed by atoms with Gasteiger partial charge >= 0.3 is 17.9 Å². The molecule has 0 aromatic heterocycles. The molecule has 8 nitrogen and oxygen atoms in total. The molecule has 0 spiro atoms. The van der Waals surface area contributed by atoms with Crippen molar-refractivity contribution in [2.45, 2.75) is 44.9 Å². The van der Waals surface area contributed by atoms with Gasteiger partial charge in [-0.15, -0.1) is 0 Å². The minimum Gasteiger partial charge on any atom is -0.478 e. The maximum Gasteiger partial charge on any atom is 0.372 e. The fourth-order valence-corrected chi connectivity index (χ4v) is 2.07. The number of carbonyl (C=O) groups excluding carboxylic acids is 3. The molecular weight excluding hydrogens is 294 g/mol. The quantitative estimate of drug-likeness (QED) is 0.540. The third kappa shape index (κ3) is 5.36. The summed E-state index contributed by atoms with van der Waals surface area (Å²) < 4.78 is 20.1.